The number of rotatable bonds is 5. The summed E-state index contributed by atoms with van der Waals surface area (Å²) in [5.41, 5.74) is 2.23. The molecule has 2 heterocycles. The van der Waals surface area contributed by atoms with Gasteiger partial charge in [-0.1, -0.05) is 24.3 Å². The second-order valence-electron chi connectivity index (χ2n) is 11.1. The van der Waals surface area contributed by atoms with Crippen molar-refractivity contribution in [2.24, 2.45) is 28.1 Å². The number of amidine groups is 1. The first kappa shape index (κ1) is 26.0. The minimum atomic E-state index is -4.32. The van der Waals surface area contributed by atoms with Gasteiger partial charge in [0.15, 0.2) is 11.7 Å². The van der Waals surface area contributed by atoms with Gasteiger partial charge in [-0.3, -0.25) is 14.3 Å². The number of ketones is 1. The Morgan fingerprint density at radius 2 is 1.74 bits per heavy atom. The third kappa shape index (κ3) is 4.53. The molecule has 4 fully saturated rings. The summed E-state index contributed by atoms with van der Waals surface area (Å²) in [4.78, 5) is 29.7. The Hall–Kier alpha value is -3.25. The molecule has 39 heavy (non-hydrogen) atoms. The van der Waals surface area contributed by atoms with Crippen molar-refractivity contribution in [2.45, 2.75) is 50.1 Å². The van der Waals surface area contributed by atoms with E-state index in [9.17, 15) is 26.4 Å². The van der Waals surface area contributed by atoms with Gasteiger partial charge in [0, 0.05) is 24.2 Å². The van der Waals surface area contributed by atoms with E-state index in [4.69, 9.17) is 0 Å². The first-order valence-corrected chi connectivity index (χ1v) is 16.4. The van der Waals surface area contributed by atoms with Crippen molar-refractivity contribution < 1.29 is 26.4 Å². The van der Waals surface area contributed by atoms with E-state index in [0.29, 0.717) is 6.54 Å². The fraction of sp³-hybridized carbons (Fsp3) is 0.444. The lowest BCUT2D eigenvalue weighted by Gasteiger charge is -2.55. The topological polar surface area (TPSA) is 142 Å². The van der Waals surface area contributed by atoms with E-state index in [1.54, 1.807) is 4.90 Å². The molecular formula is C27H30N4O6S2. The number of piperidine rings is 1. The molecule has 2 aromatic rings. The number of likely N-dealkylation sites (tertiary alicyclic amines) is 1. The van der Waals surface area contributed by atoms with Crippen LogP contribution in [0, 0.1) is 30.6 Å². The number of sulfonamides is 2. The molecule has 1 saturated heterocycles. The highest BCUT2D eigenvalue weighted by atomic mass is 32.2. The Morgan fingerprint density at radius 3 is 2.44 bits per heavy atom. The monoisotopic (exact) mass is 570 g/mol. The van der Waals surface area contributed by atoms with E-state index in [-0.39, 0.29) is 51.7 Å². The van der Waals surface area contributed by atoms with Crippen LogP contribution < -0.4 is 10.0 Å². The number of nitrogens with one attached hydrogen (secondary N) is 2. The number of amides is 1. The molecule has 12 heteroatoms. The summed E-state index contributed by atoms with van der Waals surface area (Å²) >= 11 is 0. The van der Waals surface area contributed by atoms with Gasteiger partial charge in [-0.15, -0.1) is 4.40 Å². The van der Waals surface area contributed by atoms with Gasteiger partial charge in [-0.05, 0) is 73.8 Å². The first-order chi connectivity index (χ1) is 18.4. The standard InChI is InChI=1S/C27H30N4O6S2/c1-15-5-3-4-6-18(15)14-31-24-17-9-7-16(8-10-17)22(24)25(32)23(27(31)33)26-28-20-12-11-19(29-38(2,34)35)13-21(20)39(36,37)30-26/h3-6,11-13,16-17,22-24,29H,7-10,14H2,1-2H3,(H,28,30). The van der Waals surface area contributed by atoms with E-state index in [0.717, 1.165) is 43.1 Å². The van der Waals surface area contributed by atoms with Crippen LogP contribution in [0.4, 0.5) is 11.4 Å². The maximum Gasteiger partial charge on any atom is 0.286 e. The van der Waals surface area contributed by atoms with Crippen molar-refractivity contribution in [3.63, 3.8) is 0 Å². The summed E-state index contributed by atoms with van der Waals surface area (Å²) in [7, 11) is -7.95. The lowest BCUT2D eigenvalue weighted by molar-refractivity contribution is -0.162. The molecule has 2 bridgehead atoms. The number of hydrogen-bond donors (Lipinski definition) is 2. The zero-order chi connectivity index (χ0) is 27.7. The van der Waals surface area contributed by atoms with Crippen molar-refractivity contribution in [1.82, 2.24) is 4.90 Å². The van der Waals surface area contributed by atoms with Crippen LogP contribution in [0.2, 0.25) is 0 Å². The fourth-order valence-corrected chi connectivity index (χ4v) is 8.62. The normalized spacial score (nSPS) is 29.2. The second-order valence-corrected chi connectivity index (χ2v) is 14.4. The van der Waals surface area contributed by atoms with Crippen LogP contribution in [0.1, 0.15) is 36.8 Å². The fourth-order valence-electron chi connectivity index (χ4n) is 6.88. The number of carbonyl (C=O) groups is 2. The number of anilines is 2. The molecule has 1 amide bonds. The quantitative estimate of drug-likeness (QED) is 0.527. The van der Waals surface area contributed by atoms with Crippen molar-refractivity contribution >= 4 is 48.9 Å². The molecule has 3 unspecified atom stereocenters. The molecule has 2 aromatic carbocycles. The van der Waals surface area contributed by atoms with Crippen molar-refractivity contribution in [2.75, 3.05) is 16.3 Å². The summed E-state index contributed by atoms with van der Waals surface area (Å²) < 4.78 is 55.9. The van der Waals surface area contributed by atoms with Crippen LogP contribution >= 0.6 is 0 Å². The van der Waals surface area contributed by atoms with Crippen LogP contribution in [0.3, 0.4) is 0 Å². The van der Waals surface area contributed by atoms with Gasteiger partial charge in [0.2, 0.25) is 15.9 Å². The highest BCUT2D eigenvalue weighted by molar-refractivity contribution is 7.92. The van der Waals surface area contributed by atoms with E-state index in [2.05, 4.69) is 14.4 Å². The predicted molar refractivity (Wildman–Crippen MR) is 146 cm³/mol. The third-order valence-corrected chi connectivity index (χ3v) is 10.5. The summed E-state index contributed by atoms with van der Waals surface area (Å²) in [6, 6.07) is 11.6. The average Bonchev–Trinajstić information content (AvgIpc) is 2.87. The van der Waals surface area contributed by atoms with Gasteiger partial charge >= 0.3 is 0 Å². The number of benzene rings is 2. The number of carbonyl (C=O) groups excluding carboxylic acids is 2. The predicted octanol–water partition coefficient (Wildman–Crippen LogP) is 2.91. The summed E-state index contributed by atoms with van der Waals surface area (Å²) in [6.45, 7) is 2.33. The van der Waals surface area contributed by atoms with Gasteiger partial charge in [0.1, 0.15) is 10.7 Å². The zero-order valence-electron chi connectivity index (χ0n) is 21.6. The van der Waals surface area contributed by atoms with E-state index < -0.39 is 31.9 Å². The number of Topliss-reactive ketones (excluding diaryl/α,β-unsaturated/α-hetero) is 1. The van der Waals surface area contributed by atoms with Crippen LogP contribution in [-0.4, -0.2) is 51.6 Å². The smallest absolute Gasteiger partial charge is 0.286 e. The van der Waals surface area contributed by atoms with Crippen molar-refractivity contribution in [3.8, 4) is 0 Å². The second kappa shape index (κ2) is 9.16. The van der Waals surface area contributed by atoms with Gasteiger partial charge in [0.05, 0.1) is 11.9 Å². The molecule has 3 atom stereocenters. The van der Waals surface area contributed by atoms with E-state index >= 15 is 0 Å². The summed E-state index contributed by atoms with van der Waals surface area (Å²) in [5.74, 6) is -2.22. The molecule has 2 N–H and O–H groups in total. The lowest BCUT2D eigenvalue weighted by atomic mass is 9.57. The summed E-state index contributed by atoms with van der Waals surface area (Å²) in [6.07, 6.45) is 4.77. The summed E-state index contributed by atoms with van der Waals surface area (Å²) in [5, 5.41) is 2.93. The number of nitrogens with zero attached hydrogens (tertiary/aromatic N) is 2. The van der Waals surface area contributed by atoms with E-state index in [1.165, 1.54) is 18.2 Å². The number of fused-ring (bicyclic) bond motifs is 3. The third-order valence-electron chi connectivity index (χ3n) is 8.60. The molecule has 10 nitrogen and oxygen atoms in total. The average molecular weight is 571 g/mol. The maximum absolute atomic E-state index is 14.1. The van der Waals surface area contributed by atoms with Crippen LogP contribution in [0.5, 0.6) is 0 Å². The Kier molecular flexibility index (Phi) is 6.10. The van der Waals surface area contributed by atoms with Gasteiger partial charge in [-0.25, -0.2) is 8.42 Å². The zero-order valence-corrected chi connectivity index (χ0v) is 23.3. The van der Waals surface area contributed by atoms with Gasteiger partial charge < -0.3 is 10.2 Å². The number of aryl methyl sites for hydroxylation is 1. The molecule has 206 valence electrons. The van der Waals surface area contributed by atoms with E-state index in [1.807, 2.05) is 31.2 Å². The lowest BCUT2D eigenvalue weighted by Crippen LogP contribution is -2.66. The largest absolute Gasteiger partial charge is 0.341 e. The number of hydrogen-bond acceptors (Lipinski definition) is 7. The molecule has 0 aromatic heterocycles. The highest BCUT2D eigenvalue weighted by Crippen LogP contribution is 2.51. The van der Waals surface area contributed by atoms with Crippen LogP contribution in [0.25, 0.3) is 0 Å². The van der Waals surface area contributed by atoms with Gasteiger partial charge in [0.25, 0.3) is 10.0 Å². The molecule has 2 aliphatic heterocycles. The molecule has 0 radical (unpaired) electrons. The Balaban J connectivity index is 1.40. The Labute approximate surface area is 228 Å². The molecule has 5 aliphatic rings. The molecule has 3 aliphatic carbocycles. The molecular weight excluding hydrogens is 540 g/mol. The first-order valence-electron chi connectivity index (χ1n) is 13.1. The van der Waals surface area contributed by atoms with Crippen molar-refractivity contribution in [3.05, 3.63) is 53.6 Å². The van der Waals surface area contributed by atoms with Gasteiger partial charge in [-0.2, -0.15) is 8.42 Å². The Morgan fingerprint density at radius 1 is 1.05 bits per heavy atom. The minimum absolute atomic E-state index is 0.0653. The maximum atomic E-state index is 14.1. The highest BCUT2D eigenvalue weighted by Gasteiger charge is 2.58. The van der Waals surface area contributed by atoms with Crippen LogP contribution in [0.15, 0.2) is 51.8 Å². The molecule has 0 spiro atoms. The van der Waals surface area contributed by atoms with Crippen molar-refractivity contribution in [1.29, 1.82) is 0 Å². The molecule has 7 rings (SSSR count). The SMILES string of the molecule is Cc1ccccc1CN1C(=O)C(C2=NS(=O)(=O)c3cc(NS(C)(=O)=O)ccc3N2)C(=O)C2C3CCC(CC3)C21. The minimum Gasteiger partial charge on any atom is -0.341 e. The molecule has 3 saturated carbocycles. The van der Waals surface area contributed by atoms with Crippen LogP contribution in [-0.2, 0) is 36.2 Å². The Bertz CT molecular complexity index is 1630.